The average molecular weight is 560 g/mol. The fourth-order valence-electron chi connectivity index (χ4n) is 4.76. The summed E-state index contributed by atoms with van der Waals surface area (Å²) in [7, 11) is -7.85. The summed E-state index contributed by atoms with van der Waals surface area (Å²) in [4.78, 5) is 13.8. The predicted molar refractivity (Wildman–Crippen MR) is 157 cm³/mol. The van der Waals surface area contributed by atoms with Gasteiger partial charge in [-0.3, -0.25) is 4.79 Å². The van der Waals surface area contributed by atoms with E-state index < -0.39 is 30.9 Å². The van der Waals surface area contributed by atoms with Crippen molar-refractivity contribution in [1.82, 2.24) is 0 Å². The minimum Gasteiger partial charge on any atom is -0.294 e. The molecule has 7 heteroatoms. The zero-order valence-corrected chi connectivity index (χ0v) is 23.8. The third-order valence-corrected chi connectivity index (χ3v) is 11.6. The molecule has 0 amide bonds. The van der Waals surface area contributed by atoms with Gasteiger partial charge in [0, 0.05) is 22.8 Å². The Kier molecular flexibility index (Phi) is 9.15. The third kappa shape index (κ3) is 6.72. The van der Waals surface area contributed by atoms with Crippen LogP contribution in [0, 0.1) is 6.92 Å². The summed E-state index contributed by atoms with van der Waals surface area (Å²) in [5, 5.41) is -0.736. The molecule has 0 bridgehead atoms. The molecule has 39 heavy (non-hydrogen) atoms. The standard InChI is InChI=1S/C32H33NO4S2/c1-3-13-32(30(26-14-7-4-8-15-26)24-31(34)27-16-9-5-10-17-27)38(35,28-18-11-6-12-19-28)33-39(36,37)29-22-20-25(2)21-23-29/h4-12,14-23,30,32H,3,13,24H2,1-2H3/t30-,32+,38?/m0/s1. The topological polar surface area (TPSA) is 80.6 Å². The van der Waals surface area contributed by atoms with Gasteiger partial charge in [0.1, 0.15) is 0 Å². The van der Waals surface area contributed by atoms with Gasteiger partial charge in [0.05, 0.1) is 19.9 Å². The lowest BCUT2D eigenvalue weighted by Gasteiger charge is -2.30. The van der Waals surface area contributed by atoms with Crippen molar-refractivity contribution in [3.05, 3.63) is 132 Å². The summed E-state index contributed by atoms with van der Waals surface area (Å²) < 4.78 is 46.7. The van der Waals surface area contributed by atoms with Crippen molar-refractivity contribution in [2.24, 2.45) is 3.77 Å². The van der Waals surface area contributed by atoms with Crippen LogP contribution in [0.5, 0.6) is 0 Å². The van der Waals surface area contributed by atoms with Crippen molar-refractivity contribution >= 4 is 25.5 Å². The molecule has 0 N–H and O–H groups in total. The van der Waals surface area contributed by atoms with Gasteiger partial charge in [0.15, 0.2) is 5.78 Å². The van der Waals surface area contributed by atoms with E-state index in [-0.39, 0.29) is 17.1 Å². The number of Topliss-reactive ketones (excluding diaryl/α,β-unsaturated/α-hetero) is 1. The fourth-order valence-corrected chi connectivity index (χ4v) is 9.69. The molecule has 4 aromatic carbocycles. The number of carbonyl (C=O) groups is 1. The Bertz CT molecular complexity index is 1610. The van der Waals surface area contributed by atoms with Gasteiger partial charge < -0.3 is 0 Å². The van der Waals surface area contributed by atoms with Crippen LogP contribution in [0.15, 0.2) is 129 Å². The summed E-state index contributed by atoms with van der Waals surface area (Å²) in [6.45, 7) is 3.83. The molecule has 0 aromatic heterocycles. The minimum absolute atomic E-state index is 0.0105. The molecule has 0 aliphatic heterocycles. The van der Waals surface area contributed by atoms with Crippen molar-refractivity contribution in [3.8, 4) is 0 Å². The molecular weight excluding hydrogens is 526 g/mol. The second-order valence-corrected chi connectivity index (χ2v) is 13.8. The van der Waals surface area contributed by atoms with Crippen LogP contribution in [0.3, 0.4) is 0 Å². The highest BCUT2D eigenvalue weighted by atomic mass is 32.3. The van der Waals surface area contributed by atoms with E-state index >= 15 is 4.21 Å². The highest BCUT2D eigenvalue weighted by molar-refractivity contribution is 8.03. The first kappa shape index (κ1) is 28.5. The molecule has 0 saturated carbocycles. The fraction of sp³-hybridized carbons (Fsp3) is 0.219. The third-order valence-electron chi connectivity index (χ3n) is 6.77. The van der Waals surface area contributed by atoms with Crippen LogP contribution < -0.4 is 0 Å². The normalized spacial score (nSPS) is 14.6. The van der Waals surface area contributed by atoms with Gasteiger partial charge in [-0.05, 0) is 43.2 Å². The average Bonchev–Trinajstić information content (AvgIpc) is 2.96. The number of ketones is 1. The Morgan fingerprint density at radius 2 is 1.26 bits per heavy atom. The lowest BCUT2D eigenvalue weighted by molar-refractivity contribution is 0.0972. The molecule has 3 atom stereocenters. The van der Waals surface area contributed by atoms with E-state index in [4.69, 9.17) is 0 Å². The first-order chi connectivity index (χ1) is 18.7. The molecular formula is C32H33NO4S2. The molecule has 0 spiro atoms. The maximum atomic E-state index is 15.2. The molecule has 1 unspecified atom stereocenters. The molecule has 4 aromatic rings. The van der Waals surface area contributed by atoms with Gasteiger partial charge in [-0.1, -0.05) is 110 Å². The van der Waals surface area contributed by atoms with Gasteiger partial charge in [0.25, 0.3) is 10.0 Å². The lowest BCUT2D eigenvalue weighted by Crippen LogP contribution is -2.31. The zero-order valence-electron chi connectivity index (χ0n) is 22.1. The van der Waals surface area contributed by atoms with Crippen LogP contribution in [0.4, 0.5) is 0 Å². The number of hydrogen-bond donors (Lipinski definition) is 0. The first-order valence-corrected chi connectivity index (χ1v) is 16.0. The largest absolute Gasteiger partial charge is 0.294 e. The minimum atomic E-state index is -4.28. The van der Waals surface area contributed by atoms with Crippen molar-refractivity contribution in [3.63, 3.8) is 0 Å². The second kappa shape index (κ2) is 12.5. The van der Waals surface area contributed by atoms with E-state index in [0.717, 1.165) is 11.1 Å². The van der Waals surface area contributed by atoms with Gasteiger partial charge in [-0.25, -0.2) is 4.21 Å². The van der Waals surface area contributed by atoms with Crippen LogP contribution in [0.25, 0.3) is 0 Å². The summed E-state index contributed by atoms with van der Waals surface area (Å²) in [6, 6.07) is 33.4. The summed E-state index contributed by atoms with van der Waals surface area (Å²) in [5.74, 6) is -0.620. The lowest BCUT2D eigenvalue weighted by atomic mass is 9.87. The molecule has 0 saturated heterocycles. The first-order valence-electron chi connectivity index (χ1n) is 13.0. The van der Waals surface area contributed by atoms with Crippen molar-refractivity contribution < 1.29 is 17.4 Å². The van der Waals surface area contributed by atoms with Crippen LogP contribution >= 0.6 is 0 Å². The van der Waals surface area contributed by atoms with Crippen molar-refractivity contribution in [2.45, 2.75) is 54.1 Å². The van der Waals surface area contributed by atoms with Crippen molar-refractivity contribution in [2.75, 3.05) is 0 Å². The molecule has 0 fully saturated rings. The Balaban J connectivity index is 1.94. The predicted octanol–water partition coefficient (Wildman–Crippen LogP) is 7.44. The number of aryl methyl sites for hydroxylation is 1. The van der Waals surface area contributed by atoms with Gasteiger partial charge in [0.2, 0.25) is 0 Å². The maximum Gasteiger partial charge on any atom is 0.290 e. The number of nitrogens with zero attached hydrogens (tertiary/aromatic N) is 1. The van der Waals surface area contributed by atoms with E-state index in [2.05, 4.69) is 3.77 Å². The monoisotopic (exact) mass is 559 g/mol. The highest BCUT2D eigenvalue weighted by Gasteiger charge is 2.37. The van der Waals surface area contributed by atoms with E-state index in [0.29, 0.717) is 23.3 Å². The van der Waals surface area contributed by atoms with Crippen LogP contribution in [0.2, 0.25) is 0 Å². The quantitative estimate of drug-likeness (QED) is 0.179. The Morgan fingerprint density at radius 3 is 1.82 bits per heavy atom. The van der Waals surface area contributed by atoms with Gasteiger partial charge in [-0.15, -0.1) is 3.77 Å². The number of benzene rings is 4. The molecule has 0 radical (unpaired) electrons. The number of sulfonamides is 1. The van der Waals surface area contributed by atoms with Crippen LogP contribution in [-0.4, -0.2) is 23.7 Å². The van der Waals surface area contributed by atoms with Crippen LogP contribution in [0.1, 0.15) is 53.6 Å². The summed E-state index contributed by atoms with van der Waals surface area (Å²) in [6.07, 6.45) is 1.13. The van der Waals surface area contributed by atoms with Gasteiger partial charge >= 0.3 is 0 Å². The summed E-state index contributed by atoms with van der Waals surface area (Å²) in [5.41, 5.74) is 2.29. The zero-order chi connectivity index (χ0) is 27.9. The van der Waals surface area contributed by atoms with Crippen molar-refractivity contribution in [1.29, 1.82) is 0 Å². The highest BCUT2D eigenvalue weighted by Crippen LogP contribution is 2.38. The molecule has 0 heterocycles. The van der Waals surface area contributed by atoms with E-state index in [1.54, 1.807) is 54.6 Å². The van der Waals surface area contributed by atoms with Gasteiger partial charge in [-0.2, -0.15) is 8.42 Å². The maximum absolute atomic E-state index is 15.2. The number of rotatable bonds is 11. The second-order valence-electron chi connectivity index (χ2n) is 9.58. The Labute approximate surface area is 232 Å². The SMILES string of the molecule is CCC[C@H]([C@@H](CC(=O)c1ccccc1)c1ccccc1)S(=O)(=NS(=O)(=O)c1ccc(C)cc1)c1ccccc1. The summed E-state index contributed by atoms with van der Waals surface area (Å²) >= 11 is 0. The molecule has 0 aliphatic carbocycles. The smallest absolute Gasteiger partial charge is 0.290 e. The molecule has 5 nitrogen and oxygen atoms in total. The van der Waals surface area contributed by atoms with E-state index in [9.17, 15) is 13.2 Å². The Morgan fingerprint density at radius 1 is 0.718 bits per heavy atom. The Hall–Kier alpha value is -3.55. The van der Waals surface area contributed by atoms with E-state index in [1.165, 1.54) is 12.1 Å². The van der Waals surface area contributed by atoms with E-state index in [1.807, 2.05) is 62.4 Å². The number of hydrogen-bond acceptors (Lipinski definition) is 4. The number of carbonyl (C=O) groups excluding carboxylic acids is 1. The molecule has 4 rings (SSSR count). The van der Waals surface area contributed by atoms with Crippen LogP contribution in [-0.2, 0) is 19.8 Å². The molecule has 202 valence electrons. The molecule has 0 aliphatic rings.